The van der Waals surface area contributed by atoms with Crippen molar-refractivity contribution >= 4 is 32.9 Å². The Morgan fingerprint density at radius 2 is 1.16 bits per heavy atom. The monoisotopic (exact) mass is 336 g/mol. The maximum atomic E-state index is 2.32. The zero-order valence-corrected chi connectivity index (χ0v) is 14.5. The van der Waals surface area contributed by atoms with Crippen LogP contribution in [-0.2, 0) is 0 Å². The zero-order chi connectivity index (χ0) is 16.6. The molecular formula is C24H16S. The summed E-state index contributed by atoms with van der Waals surface area (Å²) in [5.41, 5.74) is 2.60. The molecule has 1 heterocycles. The van der Waals surface area contributed by atoms with Crippen LogP contribution in [0.4, 0.5) is 0 Å². The van der Waals surface area contributed by atoms with E-state index in [0.717, 1.165) is 0 Å². The molecule has 0 aliphatic heterocycles. The molecule has 0 amide bonds. The molecule has 1 aromatic heterocycles. The second-order valence-electron chi connectivity index (χ2n) is 6.26. The van der Waals surface area contributed by atoms with Gasteiger partial charge in [0.1, 0.15) is 0 Å². The summed E-state index contributed by atoms with van der Waals surface area (Å²) in [7, 11) is 0. The van der Waals surface area contributed by atoms with Crippen LogP contribution >= 0.6 is 11.3 Å². The van der Waals surface area contributed by atoms with E-state index in [-0.39, 0.29) is 0 Å². The van der Waals surface area contributed by atoms with Crippen LogP contribution < -0.4 is 0 Å². The van der Waals surface area contributed by atoms with E-state index in [0.29, 0.717) is 0 Å². The minimum absolute atomic E-state index is 1.28. The Morgan fingerprint density at radius 1 is 0.480 bits per heavy atom. The van der Waals surface area contributed by atoms with Crippen LogP contribution in [0.5, 0.6) is 0 Å². The summed E-state index contributed by atoms with van der Waals surface area (Å²) in [5, 5.41) is 5.21. The minimum atomic E-state index is 1.28. The molecule has 25 heavy (non-hydrogen) atoms. The lowest BCUT2D eigenvalue weighted by Crippen LogP contribution is -1.80. The summed E-state index contributed by atoms with van der Waals surface area (Å²) in [6.07, 6.45) is 0. The highest BCUT2D eigenvalue weighted by atomic mass is 32.1. The van der Waals surface area contributed by atoms with E-state index in [1.807, 2.05) is 11.3 Å². The smallest absolute Gasteiger partial charge is 0.0355 e. The van der Waals surface area contributed by atoms with Gasteiger partial charge in [-0.3, -0.25) is 0 Å². The van der Waals surface area contributed by atoms with Crippen molar-refractivity contribution in [2.75, 3.05) is 0 Å². The van der Waals surface area contributed by atoms with Gasteiger partial charge in [0.15, 0.2) is 0 Å². The van der Waals surface area contributed by atoms with Gasteiger partial charge < -0.3 is 0 Å². The summed E-state index contributed by atoms with van der Waals surface area (Å²) < 4.78 is 0. The van der Waals surface area contributed by atoms with Crippen molar-refractivity contribution in [3.8, 4) is 20.9 Å². The second kappa shape index (κ2) is 5.87. The van der Waals surface area contributed by atoms with E-state index < -0.39 is 0 Å². The lowest BCUT2D eigenvalue weighted by Gasteiger charge is -2.07. The van der Waals surface area contributed by atoms with E-state index in [4.69, 9.17) is 0 Å². The SMILES string of the molecule is c1ccc(-c2ccc(-c3cccc4cc5ccccc5cc34)s2)cc1. The molecule has 0 aliphatic carbocycles. The van der Waals surface area contributed by atoms with Gasteiger partial charge in [-0.15, -0.1) is 11.3 Å². The molecule has 0 nitrogen and oxygen atoms in total. The lowest BCUT2D eigenvalue weighted by atomic mass is 9.99. The average Bonchev–Trinajstić information content (AvgIpc) is 3.16. The molecule has 0 aliphatic rings. The molecular weight excluding hydrogens is 320 g/mol. The number of rotatable bonds is 2. The maximum absolute atomic E-state index is 2.32. The number of thiophene rings is 1. The average molecular weight is 336 g/mol. The van der Waals surface area contributed by atoms with Crippen molar-refractivity contribution in [1.29, 1.82) is 0 Å². The van der Waals surface area contributed by atoms with E-state index in [2.05, 4.69) is 97.1 Å². The van der Waals surface area contributed by atoms with Gasteiger partial charge in [-0.2, -0.15) is 0 Å². The van der Waals surface area contributed by atoms with Crippen molar-refractivity contribution in [1.82, 2.24) is 0 Å². The van der Waals surface area contributed by atoms with Crippen molar-refractivity contribution < 1.29 is 0 Å². The van der Waals surface area contributed by atoms with Crippen molar-refractivity contribution in [2.45, 2.75) is 0 Å². The van der Waals surface area contributed by atoms with Crippen LogP contribution in [0.1, 0.15) is 0 Å². The van der Waals surface area contributed by atoms with E-state index in [1.165, 1.54) is 42.4 Å². The van der Waals surface area contributed by atoms with Crippen LogP contribution in [0.2, 0.25) is 0 Å². The van der Waals surface area contributed by atoms with Gasteiger partial charge in [0.25, 0.3) is 0 Å². The fourth-order valence-corrected chi connectivity index (χ4v) is 4.47. The molecule has 0 bridgehead atoms. The van der Waals surface area contributed by atoms with Crippen LogP contribution in [0.15, 0.2) is 97.1 Å². The number of benzene rings is 4. The summed E-state index contributed by atoms with van der Waals surface area (Å²) in [6, 6.07) is 34.9. The Kier molecular flexibility index (Phi) is 3.39. The fourth-order valence-electron chi connectivity index (χ4n) is 3.42. The highest BCUT2D eigenvalue weighted by Crippen LogP contribution is 2.38. The normalized spacial score (nSPS) is 11.2. The molecule has 1 heteroatoms. The first-order chi connectivity index (χ1) is 12.4. The third-order valence-corrected chi connectivity index (χ3v) is 5.84. The van der Waals surface area contributed by atoms with Gasteiger partial charge in [0, 0.05) is 9.75 Å². The first kappa shape index (κ1) is 14.4. The molecule has 0 radical (unpaired) electrons. The summed E-state index contributed by atoms with van der Waals surface area (Å²) in [5.74, 6) is 0. The Labute approximate surface area is 151 Å². The standard InChI is InChI=1S/C24H16S/c1-2-7-17(8-3-1)23-13-14-24(25-23)21-12-6-11-20-15-18-9-4-5-10-19(18)16-22(20)21/h1-16H. The largest absolute Gasteiger partial charge is 0.135 e. The van der Waals surface area contributed by atoms with E-state index >= 15 is 0 Å². The molecule has 0 saturated carbocycles. The van der Waals surface area contributed by atoms with Crippen LogP contribution in [0.3, 0.4) is 0 Å². The quantitative estimate of drug-likeness (QED) is 0.295. The molecule has 5 aromatic rings. The third-order valence-electron chi connectivity index (χ3n) is 4.68. The molecule has 0 spiro atoms. The number of hydrogen-bond donors (Lipinski definition) is 0. The molecule has 0 fully saturated rings. The van der Waals surface area contributed by atoms with Gasteiger partial charge in [0.05, 0.1) is 0 Å². The topological polar surface area (TPSA) is 0 Å². The molecule has 5 rings (SSSR count). The molecule has 0 saturated heterocycles. The Hall–Kier alpha value is -2.90. The molecule has 0 unspecified atom stereocenters. The molecule has 118 valence electrons. The Morgan fingerprint density at radius 3 is 2.00 bits per heavy atom. The predicted molar refractivity (Wildman–Crippen MR) is 110 cm³/mol. The predicted octanol–water partition coefficient (Wildman–Crippen LogP) is 7.39. The van der Waals surface area contributed by atoms with Crippen molar-refractivity contribution in [3.63, 3.8) is 0 Å². The summed E-state index contributed by atoms with van der Waals surface area (Å²) >= 11 is 1.86. The highest BCUT2D eigenvalue weighted by Gasteiger charge is 2.09. The first-order valence-electron chi connectivity index (χ1n) is 8.46. The third kappa shape index (κ3) is 2.54. The van der Waals surface area contributed by atoms with Gasteiger partial charge in [-0.1, -0.05) is 72.8 Å². The van der Waals surface area contributed by atoms with Crippen LogP contribution in [0.25, 0.3) is 42.4 Å². The van der Waals surface area contributed by atoms with Crippen LogP contribution in [-0.4, -0.2) is 0 Å². The minimum Gasteiger partial charge on any atom is -0.135 e. The summed E-state index contributed by atoms with van der Waals surface area (Å²) in [6.45, 7) is 0. The van der Waals surface area contributed by atoms with Gasteiger partial charge >= 0.3 is 0 Å². The maximum Gasteiger partial charge on any atom is 0.0355 e. The molecule has 0 N–H and O–H groups in total. The van der Waals surface area contributed by atoms with Gasteiger partial charge in [-0.05, 0) is 56.9 Å². The Bertz CT molecular complexity index is 1180. The highest BCUT2D eigenvalue weighted by molar-refractivity contribution is 7.18. The lowest BCUT2D eigenvalue weighted by molar-refractivity contribution is 1.70. The number of hydrogen-bond acceptors (Lipinski definition) is 1. The van der Waals surface area contributed by atoms with E-state index in [1.54, 1.807) is 0 Å². The molecule has 4 aromatic carbocycles. The van der Waals surface area contributed by atoms with Gasteiger partial charge in [0.2, 0.25) is 0 Å². The Balaban J connectivity index is 1.70. The zero-order valence-electron chi connectivity index (χ0n) is 13.6. The van der Waals surface area contributed by atoms with Crippen LogP contribution in [0, 0.1) is 0 Å². The van der Waals surface area contributed by atoms with Crippen molar-refractivity contribution in [2.24, 2.45) is 0 Å². The first-order valence-corrected chi connectivity index (χ1v) is 9.27. The molecule has 0 atom stereocenters. The van der Waals surface area contributed by atoms with E-state index in [9.17, 15) is 0 Å². The summed E-state index contributed by atoms with van der Waals surface area (Å²) in [4.78, 5) is 2.63. The fraction of sp³-hybridized carbons (Fsp3) is 0. The second-order valence-corrected chi connectivity index (χ2v) is 7.34. The number of fused-ring (bicyclic) bond motifs is 2. The van der Waals surface area contributed by atoms with Crippen molar-refractivity contribution in [3.05, 3.63) is 97.1 Å². The van der Waals surface area contributed by atoms with Gasteiger partial charge in [-0.25, -0.2) is 0 Å².